The van der Waals surface area contributed by atoms with E-state index in [1.807, 2.05) is 26.0 Å². The molecule has 0 amide bonds. The molecule has 0 aromatic carbocycles. The summed E-state index contributed by atoms with van der Waals surface area (Å²) >= 11 is 3.29. The highest BCUT2D eigenvalue weighted by Gasteiger charge is 2.03. The van der Waals surface area contributed by atoms with E-state index in [4.69, 9.17) is 5.73 Å². The van der Waals surface area contributed by atoms with Crippen LogP contribution in [-0.2, 0) is 0 Å². The van der Waals surface area contributed by atoms with Gasteiger partial charge in [-0.25, -0.2) is 4.98 Å². The molecule has 0 aliphatic carbocycles. The molecule has 1 aromatic heterocycles. The molecule has 1 heterocycles. The summed E-state index contributed by atoms with van der Waals surface area (Å²) in [6.45, 7) is 3.92. The molecule has 60 valence electrons. The van der Waals surface area contributed by atoms with Crippen molar-refractivity contribution in [3.63, 3.8) is 0 Å². The van der Waals surface area contributed by atoms with Crippen LogP contribution < -0.4 is 5.73 Å². The lowest BCUT2D eigenvalue weighted by atomic mass is 10.1. The Balaban J connectivity index is 3.09. The molecule has 0 bridgehead atoms. The molecule has 2 N–H and O–H groups in total. The predicted octanol–water partition coefficient (Wildman–Crippen LogP) is 2.17. The van der Waals surface area contributed by atoms with E-state index in [9.17, 15) is 0 Å². The van der Waals surface area contributed by atoms with Crippen LogP contribution in [0.4, 0.5) is 0 Å². The van der Waals surface area contributed by atoms with Crippen molar-refractivity contribution >= 4 is 15.9 Å². The normalized spacial score (nSPS) is 13.1. The fourth-order valence-electron chi connectivity index (χ4n) is 1.02. The molecule has 1 atom stereocenters. The minimum absolute atomic E-state index is 0.0654. The van der Waals surface area contributed by atoms with Gasteiger partial charge in [0.25, 0.3) is 0 Å². The molecule has 0 radical (unpaired) electrons. The number of nitrogens with two attached hydrogens (primary N) is 1. The van der Waals surface area contributed by atoms with Crippen molar-refractivity contribution in [3.05, 3.63) is 28.0 Å². The number of rotatable bonds is 1. The van der Waals surface area contributed by atoms with Gasteiger partial charge in [0.05, 0.1) is 0 Å². The Kier molecular flexibility index (Phi) is 2.62. The van der Waals surface area contributed by atoms with Crippen molar-refractivity contribution in [3.8, 4) is 0 Å². The van der Waals surface area contributed by atoms with Gasteiger partial charge in [0.1, 0.15) is 4.60 Å². The standard InChI is InChI=1S/C8H11BrN2/c1-5(10)7-3-4-8(9)11-6(7)2/h3-5H,10H2,1-2H3/t5-/m1/s1. The minimum atomic E-state index is 0.0654. The van der Waals surface area contributed by atoms with Gasteiger partial charge in [-0.15, -0.1) is 0 Å². The lowest BCUT2D eigenvalue weighted by Crippen LogP contribution is -2.07. The average Bonchev–Trinajstić information content (AvgIpc) is 1.85. The summed E-state index contributed by atoms with van der Waals surface area (Å²) in [6, 6.07) is 3.97. The van der Waals surface area contributed by atoms with E-state index < -0.39 is 0 Å². The Labute approximate surface area is 75.0 Å². The van der Waals surface area contributed by atoms with Crippen molar-refractivity contribution in [1.82, 2.24) is 4.98 Å². The fraction of sp³-hybridized carbons (Fsp3) is 0.375. The zero-order valence-electron chi connectivity index (χ0n) is 6.63. The van der Waals surface area contributed by atoms with Crippen LogP contribution in [0.5, 0.6) is 0 Å². The summed E-state index contributed by atoms with van der Waals surface area (Å²) in [4.78, 5) is 4.23. The smallest absolute Gasteiger partial charge is 0.106 e. The SMILES string of the molecule is Cc1nc(Br)ccc1[C@@H](C)N. The van der Waals surface area contributed by atoms with E-state index >= 15 is 0 Å². The zero-order valence-corrected chi connectivity index (χ0v) is 8.22. The van der Waals surface area contributed by atoms with Crippen LogP contribution in [0.15, 0.2) is 16.7 Å². The molecule has 11 heavy (non-hydrogen) atoms. The van der Waals surface area contributed by atoms with Gasteiger partial charge in [-0.2, -0.15) is 0 Å². The second-order valence-corrected chi connectivity index (χ2v) is 3.41. The summed E-state index contributed by atoms with van der Waals surface area (Å²) in [5.74, 6) is 0. The Hall–Kier alpha value is -0.410. The van der Waals surface area contributed by atoms with Gasteiger partial charge in [-0.3, -0.25) is 0 Å². The number of aryl methyl sites for hydroxylation is 1. The molecule has 0 saturated carbocycles. The predicted molar refractivity (Wildman–Crippen MR) is 49.3 cm³/mol. The molecule has 0 aliphatic rings. The largest absolute Gasteiger partial charge is 0.324 e. The summed E-state index contributed by atoms with van der Waals surface area (Å²) in [5, 5.41) is 0. The van der Waals surface area contributed by atoms with E-state index in [0.717, 1.165) is 15.9 Å². The van der Waals surface area contributed by atoms with Crippen LogP contribution in [0, 0.1) is 6.92 Å². The van der Waals surface area contributed by atoms with Gasteiger partial charge in [-0.1, -0.05) is 6.07 Å². The molecule has 0 spiro atoms. The summed E-state index contributed by atoms with van der Waals surface area (Å²) in [7, 11) is 0. The number of pyridine rings is 1. The molecule has 0 unspecified atom stereocenters. The summed E-state index contributed by atoms with van der Waals surface area (Å²) < 4.78 is 0.861. The highest BCUT2D eigenvalue weighted by atomic mass is 79.9. The highest BCUT2D eigenvalue weighted by Crippen LogP contribution is 2.15. The Morgan fingerprint density at radius 2 is 2.18 bits per heavy atom. The Bertz CT molecular complexity index is 258. The quantitative estimate of drug-likeness (QED) is 0.729. The van der Waals surface area contributed by atoms with Crippen LogP contribution in [0.1, 0.15) is 24.2 Å². The van der Waals surface area contributed by atoms with Crippen molar-refractivity contribution in [2.24, 2.45) is 5.73 Å². The van der Waals surface area contributed by atoms with Crippen LogP contribution in [0.2, 0.25) is 0 Å². The van der Waals surface area contributed by atoms with E-state index in [0.29, 0.717) is 0 Å². The lowest BCUT2D eigenvalue weighted by molar-refractivity contribution is 0.798. The van der Waals surface area contributed by atoms with Crippen LogP contribution in [-0.4, -0.2) is 4.98 Å². The van der Waals surface area contributed by atoms with E-state index in [2.05, 4.69) is 20.9 Å². The zero-order chi connectivity index (χ0) is 8.43. The maximum Gasteiger partial charge on any atom is 0.106 e. The third kappa shape index (κ3) is 2.01. The van der Waals surface area contributed by atoms with Gasteiger partial charge in [0.15, 0.2) is 0 Å². The number of halogens is 1. The van der Waals surface area contributed by atoms with Crippen molar-refractivity contribution < 1.29 is 0 Å². The molecule has 3 heteroatoms. The first-order valence-electron chi connectivity index (χ1n) is 3.50. The first-order valence-corrected chi connectivity index (χ1v) is 4.29. The van der Waals surface area contributed by atoms with Crippen LogP contribution in [0.3, 0.4) is 0 Å². The van der Waals surface area contributed by atoms with Crippen molar-refractivity contribution in [2.75, 3.05) is 0 Å². The van der Waals surface area contributed by atoms with Gasteiger partial charge in [0, 0.05) is 11.7 Å². The van der Waals surface area contributed by atoms with E-state index in [1.54, 1.807) is 0 Å². The summed E-state index contributed by atoms with van der Waals surface area (Å²) in [6.07, 6.45) is 0. The van der Waals surface area contributed by atoms with Gasteiger partial charge in [0.2, 0.25) is 0 Å². The maximum absolute atomic E-state index is 5.71. The third-order valence-electron chi connectivity index (χ3n) is 1.58. The molecule has 2 nitrogen and oxygen atoms in total. The van der Waals surface area contributed by atoms with Crippen molar-refractivity contribution in [1.29, 1.82) is 0 Å². The van der Waals surface area contributed by atoms with Gasteiger partial charge < -0.3 is 5.73 Å². The molecule has 1 rings (SSSR count). The maximum atomic E-state index is 5.71. The molecule has 0 aliphatic heterocycles. The minimum Gasteiger partial charge on any atom is -0.324 e. The van der Waals surface area contributed by atoms with Crippen molar-refractivity contribution in [2.45, 2.75) is 19.9 Å². The average molecular weight is 215 g/mol. The number of hydrogen-bond donors (Lipinski definition) is 1. The Morgan fingerprint density at radius 3 is 2.64 bits per heavy atom. The van der Waals surface area contributed by atoms with E-state index in [1.165, 1.54) is 0 Å². The number of aromatic nitrogens is 1. The first-order chi connectivity index (χ1) is 5.11. The number of hydrogen-bond acceptors (Lipinski definition) is 2. The lowest BCUT2D eigenvalue weighted by Gasteiger charge is -2.07. The topological polar surface area (TPSA) is 38.9 Å². The van der Waals surface area contributed by atoms with Gasteiger partial charge >= 0.3 is 0 Å². The summed E-state index contributed by atoms with van der Waals surface area (Å²) in [5.41, 5.74) is 7.81. The number of nitrogens with zero attached hydrogens (tertiary/aromatic N) is 1. The first kappa shape index (κ1) is 8.68. The van der Waals surface area contributed by atoms with E-state index in [-0.39, 0.29) is 6.04 Å². The Morgan fingerprint density at radius 1 is 1.55 bits per heavy atom. The highest BCUT2D eigenvalue weighted by molar-refractivity contribution is 9.10. The fourth-order valence-corrected chi connectivity index (χ4v) is 1.42. The molecule has 0 fully saturated rings. The second kappa shape index (κ2) is 3.32. The molecular weight excluding hydrogens is 204 g/mol. The second-order valence-electron chi connectivity index (χ2n) is 2.60. The van der Waals surface area contributed by atoms with Crippen LogP contribution >= 0.6 is 15.9 Å². The molecular formula is C8H11BrN2. The molecule has 0 saturated heterocycles. The monoisotopic (exact) mass is 214 g/mol. The van der Waals surface area contributed by atoms with Crippen LogP contribution in [0.25, 0.3) is 0 Å². The van der Waals surface area contributed by atoms with Gasteiger partial charge in [-0.05, 0) is 41.4 Å². The molecule has 1 aromatic rings. The third-order valence-corrected chi connectivity index (χ3v) is 2.02.